The molecule has 5 nitrogen and oxygen atoms in total. The van der Waals surface area contributed by atoms with E-state index >= 15 is 0 Å². The lowest BCUT2D eigenvalue weighted by atomic mass is 9.77. The highest BCUT2D eigenvalue weighted by Crippen LogP contribution is 2.37. The molecule has 1 unspecified atom stereocenters. The predicted molar refractivity (Wildman–Crippen MR) is 96.9 cm³/mol. The van der Waals surface area contributed by atoms with Crippen molar-refractivity contribution in [2.75, 3.05) is 0 Å². The molecule has 0 spiro atoms. The summed E-state index contributed by atoms with van der Waals surface area (Å²) in [5, 5.41) is 5.97. The van der Waals surface area contributed by atoms with E-state index in [-0.39, 0.29) is 12.1 Å². The molecule has 1 fully saturated rings. The van der Waals surface area contributed by atoms with Gasteiger partial charge in [0, 0.05) is 12.1 Å². The second-order valence-electron chi connectivity index (χ2n) is 6.47. The quantitative estimate of drug-likeness (QED) is 0.756. The minimum atomic E-state index is -0.472. The van der Waals surface area contributed by atoms with Gasteiger partial charge in [0.05, 0.1) is 6.04 Å². The van der Waals surface area contributed by atoms with E-state index in [0.29, 0.717) is 18.0 Å². The van der Waals surface area contributed by atoms with Gasteiger partial charge in [-0.1, -0.05) is 48.9 Å². The minimum Gasteiger partial charge on any atom is -0.366 e. The minimum absolute atomic E-state index is 0.0342. The van der Waals surface area contributed by atoms with Gasteiger partial charge in [-0.25, -0.2) is 4.79 Å². The first-order chi connectivity index (χ1) is 12.1. The highest BCUT2D eigenvalue weighted by Gasteiger charge is 2.29. The smallest absolute Gasteiger partial charge is 0.315 e. The fourth-order valence-corrected chi connectivity index (χ4v) is 3.12. The number of urea groups is 1. The molecule has 1 atom stereocenters. The maximum Gasteiger partial charge on any atom is 0.315 e. The number of nitrogens with two attached hydrogens (primary N) is 1. The topological polar surface area (TPSA) is 84.2 Å². The van der Waals surface area contributed by atoms with Gasteiger partial charge in [-0.15, -0.1) is 0 Å². The van der Waals surface area contributed by atoms with Gasteiger partial charge in [0.15, 0.2) is 0 Å². The van der Waals surface area contributed by atoms with Crippen LogP contribution in [-0.4, -0.2) is 11.9 Å². The van der Waals surface area contributed by atoms with Gasteiger partial charge in [0.2, 0.25) is 5.91 Å². The molecular weight excluding hydrogens is 314 g/mol. The van der Waals surface area contributed by atoms with E-state index in [4.69, 9.17) is 5.73 Å². The maximum absolute atomic E-state index is 12.3. The summed E-state index contributed by atoms with van der Waals surface area (Å²) in [5.41, 5.74) is 7.70. The first-order valence-corrected chi connectivity index (χ1v) is 8.61. The molecule has 3 amide bonds. The Morgan fingerprint density at radius 3 is 2.48 bits per heavy atom. The van der Waals surface area contributed by atoms with Crippen molar-refractivity contribution < 1.29 is 9.59 Å². The molecular formula is C20H23N3O2. The summed E-state index contributed by atoms with van der Waals surface area (Å²) in [6.45, 7) is 0.346. The molecule has 1 aliphatic carbocycles. The Hall–Kier alpha value is -2.82. The van der Waals surface area contributed by atoms with Crippen LogP contribution in [-0.2, 0) is 6.54 Å². The van der Waals surface area contributed by atoms with Crippen molar-refractivity contribution in [1.82, 2.24) is 10.6 Å². The van der Waals surface area contributed by atoms with Gasteiger partial charge >= 0.3 is 6.03 Å². The van der Waals surface area contributed by atoms with E-state index in [2.05, 4.69) is 22.8 Å². The average molecular weight is 337 g/mol. The van der Waals surface area contributed by atoms with Crippen LogP contribution in [0.25, 0.3) is 0 Å². The van der Waals surface area contributed by atoms with Gasteiger partial charge < -0.3 is 16.4 Å². The molecule has 130 valence electrons. The summed E-state index contributed by atoms with van der Waals surface area (Å²) in [7, 11) is 0. The van der Waals surface area contributed by atoms with Crippen LogP contribution in [0.15, 0.2) is 54.6 Å². The zero-order valence-electron chi connectivity index (χ0n) is 14.1. The number of nitrogens with one attached hydrogen (secondary N) is 2. The van der Waals surface area contributed by atoms with Crippen molar-refractivity contribution in [2.24, 2.45) is 11.7 Å². The van der Waals surface area contributed by atoms with Crippen LogP contribution in [0.1, 0.15) is 46.8 Å². The highest BCUT2D eigenvalue weighted by atomic mass is 16.2. The summed E-state index contributed by atoms with van der Waals surface area (Å²) in [6, 6.07) is 16.9. The Balaban J connectivity index is 1.60. The molecule has 5 heteroatoms. The lowest BCUT2D eigenvalue weighted by Gasteiger charge is -2.34. The lowest BCUT2D eigenvalue weighted by Crippen LogP contribution is -2.41. The Morgan fingerprint density at radius 2 is 1.84 bits per heavy atom. The van der Waals surface area contributed by atoms with Gasteiger partial charge in [-0.3, -0.25) is 4.79 Å². The Bertz CT molecular complexity index is 742. The number of rotatable bonds is 6. The van der Waals surface area contributed by atoms with E-state index in [1.807, 2.05) is 24.3 Å². The molecule has 1 saturated carbocycles. The van der Waals surface area contributed by atoms with Crippen molar-refractivity contribution in [1.29, 1.82) is 0 Å². The normalized spacial score (nSPS) is 15.0. The molecule has 25 heavy (non-hydrogen) atoms. The van der Waals surface area contributed by atoms with Gasteiger partial charge in [0.1, 0.15) is 0 Å². The third kappa shape index (κ3) is 4.38. The number of benzene rings is 2. The molecule has 3 rings (SSSR count). The fourth-order valence-electron chi connectivity index (χ4n) is 3.12. The first-order valence-electron chi connectivity index (χ1n) is 8.61. The lowest BCUT2D eigenvalue weighted by molar-refractivity contribution is 0.1000. The van der Waals surface area contributed by atoms with Crippen LogP contribution >= 0.6 is 0 Å². The van der Waals surface area contributed by atoms with E-state index < -0.39 is 5.91 Å². The standard InChI is InChI=1S/C20H23N3O2/c21-19(24)17-11-4-6-14(12-17)13-22-20(25)23-18(16-9-5-10-16)15-7-2-1-3-8-15/h1-4,6-8,11-12,16,18H,5,9-10,13H2,(H2,21,24)(H2,22,23,25). The molecule has 0 radical (unpaired) electrons. The van der Waals surface area contributed by atoms with E-state index in [9.17, 15) is 9.59 Å². The number of carbonyl (C=O) groups excluding carboxylic acids is 2. The number of amides is 3. The van der Waals surface area contributed by atoms with Crippen molar-refractivity contribution in [3.8, 4) is 0 Å². The zero-order chi connectivity index (χ0) is 17.6. The highest BCUT2D eigenvalue weighted by molar-refractivity contribution is 5.92. The van der Waals surface area contributed by atoms with Crippen molar-refractivity contribution in [3.63, 3.8) is 0 Å². The Morgan fingerprint density at radius 1 is 1.08 bits per heavy atom. The molecule has 0 bridgehead atoms. The fraction of sp³-hybridized carbons (Fsp3) is 0.300. The molecule has 2 aromatic carbocycles. The van der Waals surface area contributed by atoms with Crippen LogP contribution in [0.3, 0.4) is 0 Å². The second kappa shape index (κ2) is 7.83. The number of hydrogen-bond donors (Lipinski definition) is 3. The van der Waals surface area contributed by atoms with Gasteiger partial charge in [-0.2, -0.15) is 0 Å². The third-order valence-corrected chi connectivity index (χ3v) is 4.73. The van der Waals surface area contributed by atoms with Crippen molar-refractivity contribution in [2.45, 2.75) is 31.8 Å². The first kappa shape index (κ1) is 17.0. The molecule has 1 aliphatic rings. The van der Waals surface area contributed by atoms with Gasteiger partial charge in [-0.05, 0) is 42.0 Å². The van der Waals surface area contributed by atoms with Crippen LogP contribution in [0.2, 0.25) is 0 Å². The zero-order valence-corrected chi connectivity index (χ0v) is 14.1. The van der Waals surface area contributed by atoms with Crippen molar-refractivity contribution >= 4 is 11.9 Å². The van der Waals surface area contributed by atoms with Crippen molar-refractivity contribution in [3.05, 3.63) is 71.3 Å². The largest absolute Gasteiger partial charge is 0.366 e. The Labute approximate surface area is 147 Å². The number of primary amides is 1. The molecule has 0 aromatic heterocycles. The Kier molecular flexibility index (Phi) is 5.33. The number of carbonyl (C=O) groups is 2. The predicted octanol–water partition coefficient (Wildman–Crippen LogP) is 3.13. The summed E-state index contributed by atoms with van der Waals surface area (Å²) in [5.74, 6) is 0.0202. The monoisotopic (exact) mass is 337 g/mol. The second-order valence-corrected chi connectivity index (χ2v) is 6.47. The summed E-state index contributed by atoms with van der Waals surface area (Å²) >= 11 is 0. The number of hydrogen-bond acceptors (Lipinski definition) is 2. The van der Waals surface area contributed by atoms with E-state index in [0.717, 1.165) is 24.0 Å². The van der Waals surface area contributed by atoms with Crippen LogP contribution in [0.5, 0.6) is 0 Å². The summed E-state index contributed by atoms with van der Waals surface area (Å²) < 4.78 is 0. The SMILES string of the molecule is NC(=O)c1cccc(CNC(=O)NC(c2ccccc2)C2CCC2)c1. The third-order valence-electron chi connectivity index (χ3n) is 4.73. The maximum atomic E-state index is 12.3. The summed E-state index contributed by atoms with van der Waals surface area (Å²) in [6.07, 6.45) is 3.50. The molecule has 0 heterocycles. The van der Waals surface area contributed by atoms with Crippen LogP contribution in [0.4, 0.5) is 4.79 Å². The molecule has 0 saturated heterocycles. The molecule has 2 aromatic rings. The van der Waals surface area contributed by atoms with E-state index in [1.165, 1.54) is 6.42 Å². The van der Waals surface area contributed by atoms with Crippen LogP contribution in [0, 0.1) is 5.92 Å². The van der Waals surface area contributed by atoms with Gasteiger partial charge in [0.25, 0.3) is 0 Å². The summed E-state index contributed by atoms with van der Waals surface area (Å²) in [4.78, 5) is 23.6. The van der Waals surface area contributed by atoms with E-state index in [1.54, 1.807) is 18.2 Å². The van der Waals surface area contributed by atoms with Crippen LogP contribution < -0.4 is 16.4 Å². The molecule has 0 aliphatic heterocycles. The average Bonchev–Trinajstić information content (AvgIpc) is 2.59. The molecule has 4 N–H and O–H groups in total.